The number of allylic oxidation sites excluding steroid dienone is 1. The molecule has 0 N–H and O–H groups in total. The van der Waals surface area contributed by atoms with Crippen LogP contribution in [-0.2, 0) is 0 Å². The van der Waals surface area contributed by atoms with Crippen LogP contribution in [0.1, 0.15) is 25.0 Å². The molecule has 0 aliphatic heterocycles. The highest BCUT2D eigenvalue weighted by atomic mass is 19.1. The Hall–Kier alpha value is -1.18. The van der Waals surface area contributed by atoms with E-state index < -0.39 is 5.95 Å². The van der Waals surface area contributed by atoms with Crippen LogP contribution in [0.2, 0.25) is 0 Å². The Kier molecular flexibility index (Phi) is 1.90. The van der Waals surface area contributed by atoms with Crippen LogP contribution >= 0.6 is 0 Å². The summed E-state index contributed by atoms with van der Waals surface area (Å²) in [5, 5.41) is 0. The van der Waals surface area contributed by atoms with Crippen molar-refractivity contribution in [2.45, 2.75) is 19.3 Å². The van der Waals surface area contributed by atoms with Gasteiger partial charge >= 0.3 is 0 Å². The maximum Gasteiger partial charge on any atom is 0.213 e. The van der Waals surface area contributed by atoms with E-state index in [1.54, 1.807) is 6.07 Å². The second kappa shape index (κ2) is 3.05. The molecule has 2 rings (SSSR count). The van der Waals surface area contributed by atoms with Crippen molar-refractivity contribution in [2.24, 2.45) is 0 Å². The zero-order chi connectivity index (χ0) is 8.39. The number of nitrogens with zero attached hydrogens (tertiary/aromatic N) is 1. The van der Waals surface area contributed by atoms with Gasteiger partial charge in [-0.1, -0.05) is 11.6 Å². The van der Waals surface area contributed by atoms with Crippen molar-refractivity contribution in [3.05, 3.63) is 35.4 Å². The molecule has 0 unspecified atom stereocenters. The Morgan fingerprint density at radius 2 is 2.17 bits per heavy atom. The number of aromatic nitrogens is 1. The first-order valence-corrected chi connectivity index (χ1v) is 4.16. The maximum atomic E-state index is 12.6. The number of halogens is 1. The molecule has 1 saturated carbocycles. The van der Waals surface area contributed by atoms with Crippen LogP contribution in [0.4, 0.5) is 4.39 Å². The molecule has 1 nitrogen and oxygen atoms in total. The van der Waals surface area contributed by atoms with Crippen molar-refractivity contribution in [3.8, 4) is 0 Å². The second-order valence-corrected chi connectivity index (χ2v) is 3.04. The lowest BCUT2D eigenvalue weighted by Crippen LogP contribution is -1.96. The summed E-state index contributed by atoms with van der Waals surface area (Å²) in [5.74, 6) is -0.399. The molecule has 0 atom stereocenters. The molecule has 2 heteroatoms. The van der Waals surface area contributed by atoms with Gasteiger partial charge < -0.3 is 0 Å². The monoisotopic (exact) mass is 163 g/mol. The third kappa shape index (κ3) is 1.52. The first kappa shape index (κ1) is 7.47. The topological polar surface area (TPSA) is 12.9 Å². The third-order valence-corrected chi connectivity index (χ3v) is 2.08. The van der Waals surface area contributed by atoms with Crippen LogP contribution in [0, 0.1) is 5.95 Å². The van der Waals surface area contributed by atoms with Gasteiger partial charge in [-0.15, -0.1) is 0 Å². The van der Waals surface area contributed by atoms with E-state index in [1.165, 1.54) is 18.1 Å². The van der Waals surface area contributed by atoms with Crippen molar-refractivity contribution in [3.63, 3.8) is 0 Å². The van der Waals surface area contributed by atoms with E-state index in [2.05, 4.69) is 4.98 Å². The number of pyridine rings is 1. The lowest BCUT2D eigenvalue weighted by Gasteiger charge is -2.15. The molecule has 1 aromatic heterocycles. The molecule has 1 aromatic rings. The van der Waals surface area contributed by atoms with Crippen LogP contribution in [-0.4, -0.2) is 4.98 Å². The van der Waals surface area contributed by atoms with E-state index in [0.717, 1.165) is 18.5 Å². The molecule has 12 heavy (non-hydrogen) atoms. The van der Waals surface area contributed by atoms with Gasteiger partial charge in [-0.25, -0.2) is 4.98 Å². The lowest BCUT2D eigenvalue weighted by atomic mass is 9.91. The van der Waals surface area contributed by atoms with Crippen LogP contribution in [0.15, 0.2) is 23.8 Å². The lowest BCUT2D eigenvalue weighted by molar-refractivity contribution is 0.582. The minimum atomic E-state index is -0.399. The number of rotatable bonds is 1. The van der Waals surface area contributed by atoms with Crippen LogP contribution < -0.4 is 0 Å². The van der Waals surface area contributed by atoms with Gasteiger partial charge in [0.2, 0.25) is 5.95 Å². The molecule has 0 aromatic carbocycles. The van der Waals surface area contributed by atoms with Gasteiger partial charge in [0.1, 0.15) is 0 Å². The molecule has 0 bridgehead atoms. The van der Waals surface area contributed by atoms with Crippen LogP contribution in [0.3, 0.4) is 0 Å². The van der Waals surface area contributed by atoms with E-state index in [0.29, 0.717) is 0 Å². The van der Waals surface area contributed by atoms with E-state index in [9.17, 15) is 4.39 Å². The standard InChI is InChI=1S/C10H10FN/c11-10-6-2-5-9(12-10)7-8-3-1-4-8/h2,5-7H,1,3-4H2. The summed E-state index contributed by atoms with van der Waals surface area (Å²) in [5.41, 5.74) is 2.12. The van der Waals surface area contributed by atoms with E-state index >= 15 is 0 Å². The third-order valence-electron chi connectivity index (χ3n) is 2.08. The molecule has 0 amide bonds. The largest absolute Gasteiger partial charge is 0.220 e. The quantitative estimate of drug-likeness (QED) is 0.580. The fourth-order valence-electron chi connectivity index (χ4n) is 1.24. The highest BCUT2D eigenvalue weighted by molar-refractivity contribution is 5.50. The molecule has 1 aliphatic carbocycles. The van der Waals surface area contributed by atoms with Crippen LogP contribution in [0.5, 0.6) is 0 Å². The Morgan fingerprint density at radius 3 is 2.75 bits per heavy atom. The summed E-state index contributed by atoms with van der Waals surface area (Å²) in [4.78, 5) is 3.75. The number of hydrogen-bond donors (Lipinski definition) is 0. The van der Waals surface area contributed by atoms with Gasteiger partial charge in [0.05, 0.1) is 5.69 Å². The minimum Gasteiger partial charge on any atom is -0.220 e. The van der Waals surface area contributed by atoms with Crippen molar-refractivity contribution >= 4 is 6.08 Å². The van der Waals surface area contributed by atoms with Gasteiger partial charge in [-0.3, -0.25) is 0 Å². The molecule has 0 radical (unpaired) electrons. The van der Waals surface area contributed by atoms with Crippen LogP contribution in [0.25, 0.3) is 6.08 Å². The fraction of sp³-hybridized carbons (Fsp3) is 0.300. The zero-order valence-corrected chi connectivity index (χ0v) is 6.76. The summed E-state index contributed by atoms with van der Waals surface area (Å²) in [7, 11) is 0. The summed E-state index contributed by atoms with van der Waals surface area (Å²) >= 11 is 0. The van der Waals surface area contributed by atoms with Crippen molar-refractivity contribution in [2.75, 3.05) is 0 Å². The van der Waals surface area contributed by atoms with Gasteiger partial charge in [-0.05, 0) is 37.5 Å². The van der Waals surface area contributed by atoms with Crippen molar-refractivity contribution in [1.82, 2.24) is 4.98 Å². The summed E-state index contributed by atoms with van der Waals surface area (Å²) in [6.07, 6.45) is 5.55. The van der Waals surface area contributed by atoms with Gasteiger partial charge in [0, 0.05) is 0 Å². The summed E-state index contributed by atoms with van der Waals surface area (Å²) in [6.45, 7) is 0. The first-order valence-electron chi connectivity index (χ1n) is 4.16. The highest BCUT2D eigenvalue weighted by Gasteiger charge is 2.07. The number of hydrogen-bond acceptors (Lipinski definition) is 1. The first-order chi connectivity index (χ1) is 5.84. The fourth-order valence-corrected chi connectivity index (χ4v) is 1.24. The van der Waals surface area contributed by atoms with Gasteiger partial charge in [0.15, 0.2) is 0 Å². The van der Waals surface area contributed by atoms with E-state index in [1.807, 2.05) is 12.1 Å². The smallest absolute Gasteiger partial charge is 0.213 e. The molecule has 62 valence electrons. The molecular weight excluding hydrogens is 153 g/mol. The molecule has 0 saturated heterocycles. The van der Waals surface area contributed by atoms with Crippen molar-refractivity contribution < 1.29 is 4.39 Å². The van der Waals surface area contributed by atoms with E-state index in [4.69, 9.17) is 0 Å². The van der Waals surface area contributed by atoms with E-state index in [-0.39, 0.29) is 0 Å². The van der Waals surface area contributed by atoms with Gasteiger partial charge in [-0.2, -0.15) is 4.39 Å². The van der Waals surface area contributed by atoms with Gasteiger partial charge in [0.25, 0.3) is 0 Å². The molecule has 0 spiro atoms. The average molecular weight is 163 g/mol. The Bertz CT molecular complexity index is 311. The SMILES string of the molecule is Fc1cccc(C=C2CCC2)n1. The highest BCUT2D eigenvalue weighted by Crippen LogP contribution is 2.26. The Morgan fingerprint density at radius 1 is 1.33 bits per heavy atom. The minimum absolute atomic E-state index is 0.399. The predicted molar refractivity (Wildman–Crippen MR) is 46.0 cm³/mol. The zero-order valence-electron chi connectivity index (χ0n) is 6.76. The molecular formula is C10H10FN. The normalized spacial score (nSPS) is 15.6. The predicted octanol–water partition coefficient (Wildman–Crippen LogP) is 2.79. The Balaban J connectivity index is 2.22. The van der Waals surface area contributed by atoms with Crippen molar-refractivity contribution in [1.29, 1.82) is 0 Å². The molecule has 1 aliphatic rings. The average Bonchev–Trinajstić information content (AvgIpc) is 1.97. The second-order valence-electron chi connectivity index (χ2n) is 3.04. The summed E-state index contributed by atoms with van der Waals surface area (Å²) < 4.78 is 12.6. The summed E-state index contributed by atoms with van der Waals surface area (Å²) in [6, 6.07) is 4.88. The molecule has 1 fully saturated rings. The molecule has 1 heterocycles. The Labute approximate surface area is 70.9 Å². The maximum absolute atomic E-state index is 12.6.